The number of carbonyl (C=O) groups excluding carboxylic acids is 1. The zero-order chi connectivity index (χ0) is 14.8. The van der Waals surface area contributed by atoms with Gasteiger partial charge in [-0.1, -0.05) is 32.0 Å². The average molecular weight is 323 g/mol. The zero-order valence-electron chi connectivity index (χ0n) is 13.5. The molecule has 0 saturated carbocycles. The van der Waals surface area contributed by atoms with E-state index in [-0.39, 0.29) is 30.4 Å². The molecule has 0 bridgehead atoms. The van der Waals surface area contributed by atoms with Crippen molar-refractivity contribution < 1.29 is 4.79 Å². The summed E-state index contributed by atoms with van der Waals surface area (Å²) in [6.45, 7) is 5.41. The molecule has 0 radical (unpaired) electrons. The topological polar surface area (TPSA) is 41.1 Å². The van der Waals surface area contributed by atoms with Gasteiger partial charge in [0.05, 0.1) is 12.1 Å². The van der Waals surface area contributed by atoms with Crippen LogP contribution in [0, 0.1) is 0 Å². The first-order valence-corrected chi connectivity index (χ1v) is 8.31. The molecule has 122 valence electrons. The number of rotatable bonds is 3. The smallest absolute Gasteiger partial charge is 0.237 e. The standard InChI is InChI=1S/C18H26N2O.ClH/c1-12(2)14-9-8-13-5-3-6-16(15(13)11-14)20-18(21)17-7-4-10-19-17;/h8-9,11-12,16-17,19H,3-7,10H2,1-2H3,(H,20,21);1H/t16-,17?;/m1./s1. The summed E-state index contributed by atoms with van der Waals surface area (Å²) in [6, 6.07) is 7.03. The molecule has 1 aromatic carbocycles. The van der Waals surface area contributed by atoms with Gasteiger partial charge in [0.1, 0.15) is 0 Å². The molecule has 0 spiro atoms. The number of halogens is 1. The SMILES string of the molecule is CC(C)c1ccc2c(c1)[C@H](NC(=O)C1CCCN1)CCC2.Cl. The lowest BCUT2D eigenvalue weighted by Gasteiger charge is -2.28. The maximum absolute atomic E-state index is 12.4. The Morgan fingerprint density at radius 1 is 1.27 bits per heavy atom. The normalized spacial score (nSPS) is 23.8. The van der Waals surface area contributed by atoms with Crippen molar-refractivity contribution >= 4 is 18.3 Å². The first kappa shape index (κ1) is 17.3. The summed E-state index contributed by atoms with van der Waals surface area (Å²) in [7, 11) is 0. The fourth-order valence-electron chi connectivity index (χ4n) is 3.51. The average Bonchev–Trinajstić information content (AvgIpc) is 3.01. The molecule has 3 nitrogen and oxygen atoms in total. The van der Waals surface area contributed by atoms with Crippen molar-refractivity contribution in [1.82, 2.24) is 10.6 Å². The predicted octanol–water partition coefficient (Wildman–Crippen LogP) is 3.48. The Hall–Kier alpha value is -1.06. The van der Waals surface area contributed by atoms with Crippen LogP contribution in [0.25, 0.3) is 0 Å². The molecular formula is C18H27ClN2O. The summed E-state index contributed by atoms with van der Waals surface area (Å²) in [4.78, 5) is 12.4. The van der Waals surface area contributed by atoms with E-state index in [9.17, 15) is 4.79 Å². The molecule has 1 heterocycles. The molecule has 2 atom stereocenters. The second-order valence-corrected chi connectivity index (χ2v) is 6.72. The summed E-state index contributed by atoms with van der Waals surface area (Å²) in [5.41, 5.74) is 4.13. The van der Waals surface area contributed by atoms with Gasteiger partial charge >= 0.3 is 0 Å². The van der Waals surface area contributed by atoms with Crippen LogP contribution in [0.15, 0.2) is 18.2 Å². The van der Waals surface area contributed by atoms with E-state index in [0.717, 1.165) is 38.6 Å². The van der Waals surface area contributed by atoms with Gasteiger partial charge in [-0.05, 0) is 61.3 Å². The molecule has 1 aromatic rings. The minimum atomic E-state index is 0. The lowest BCUT2D eigenvalue weighted by molar-refractivity contribution is -0.123. The summed E-state index contributed by atoms with van der Waals surface area (Å²) in [5.74, 6) is 0.713. The number of amides is 1. The zero-order valence-corrected chi connectivity index (χ0v) is 14.3. The summed E-state index contributed by atoms with van der Waals surface area (Å²) >= 11 is 0. The lowest BCUT2D eigenvalue weighted by Crippen LogP contribution is -2.42. The number of carbonyl (C=O) groups is 1. The molecule has 1 saturated heterocycles. The highest BCUT2D eigenvalue weighted by molar-refractivity contribution is 5.85. The summed E-state index contributed by atoms with van der Waals surface area (Å²) in [5, 5.41) is 6.57. The number of nitrogens with one attached hydrogen (secondary N) is 2. The van der Waals surface area contributed by atoms with Crippen molar-refractivity contribution in [2.75, 3.05) is 6.54 Å². The van der Waals surface area contributed by atoms with E-state index in [0.29, 0.717) is 5.92 Å². The summed E-state index contributed by atoms with van der Waals surface area (Å²) in [6.07, 6.45) is 5.44. The Morgan fingerprint density at radius 2 is 2.09 bits per heavy atom. The van der Waals surface area contributed by atoms with Gasteiger partial charge in [0.2, 0.25) is 5.91 Å². The van der Waals surface area contributed by atoms with Gasteiger partial charge in [-0.3, -0.25) is 4.79 Å². The quantitative estimate of drug-likeness (QED) is 0.894. The van der Waals surface area contributed by atoms with Gasteiger partial charge < -0.3 is 10.6 Å². The molecule has 4 heteroatoms. The maximum Gasteiger partial charge on any atom is 0.237 e. The lowest BCUT2D eigenvalue weighted by atomic mass is 9.85. The Bertz CT molecular complexity index is 524. The molecule has 1 aliphatic carbocycles. The Kier molecular flexibility index (Phi) is 5.87. The molecule has 22 heavy (non-hydrogen) atoms. The first-order valence-electron chi connectivity index (χ1n) is 8.31. The van der Waals surface area contributed by atoms with Crippen LogP contribution in [-0.2, 0) is 11.2 Å². The maximum atomic E-state index is 12.4. The third kappa shape index (κ3) is 3.64. The second-order valence-electron chi connectivity index (χ2n) is 6.72. The molecule has 2 N–H and O–H groups in total. The van der Waals surface area contributed by atoms with Crippen LogP contribution in [0.3, 0.4) is 0 Å². The van der Waals surface area contributed by atoms with Crippen molar-refractivity contribution in [3.8, 4) is 0 Å². The molecule has 2 aliphatic rings. The van der Waals surface area contributed by atoms with Crippen molar-refractivity contribution in [2.24, 2.45) is 0 Å². The Balaban J connectivity index is 0.00000176. The van der Waals surface area contributed by atoms with Crippen LogP contribution >= 0.6 is 12.4 Å². The highest BCUT2D eigenvalue weighted by atomic mass is 35.5. The second kappa shape index (κ2) is 7.47. The van der Waals surface area contributed by atoms with E-state index >= 15 is 0 Å². The van der Waals surface area contributed by atoms with Crippen molar-refractivity contribution in [1.29, 1.82) is 0 Å². The van der Waals surface area contributed by atoms with Crippen LogP contribution < -0.4 is 10.6 Å². The fraction of sp³-hybridized carbons (Fsp3) is 0.611. The molecular weight excluding hydrogens is 296 g/mol. The molecule has 3 rings (SSSR count). The van der Waals surface area contributed by atoms with Gasteiger partial charge in [0.25, 0.3) is 0 Å². The number of aryl methyl sites for hydroxylation is 1. The van der Waals surface area contributed by atoms with Gasteiger partial charge in [-0.25, -0.2) is 0 Å². The third-order valence-electron chi connectivity index (χ3n) is 4.84. The fourth-order valence-corrected chi connectivity index (χ4v) is 3.51. The van der Waals surface area contributed by atoms with Crippen molar-refractivity contribution in [2.45, 2.75) is 64.0 Å². The van der Waals surface area contributed by atoms with Gasteiger partial charge in [-0.2, -0.15) is 0 Å². The largest absolute Gasteiger partial charge is 0.348 e. The van der Waals surface area contributed by atoms with E-state index in [1.54, 1.807) is 0 Å². The van der Waals surface area contributed by atoms with Crippen molar-refractivity contribution in [3.63, 3.8) is 0 Å². The van der Waals surface area contributed by atoms with Crippen LogP contribution in [0.2, 0.25) is 0 Å². The van der Waals surface area contributed by atoms with E-state index in [1.165, 1.54) is 16.7 Å². The molecule has 0 aromatic heterocycles. The Morgan fingerprint density at radius 3 is 2.77 bits per heavy atom. The minimum absolute atomic E-state index is 0. The van der Waals surface area contributed by atoms with Gasteiger partial charge in [0.15, 0.2) is 0 Å². The number of fused-ring (bicyclic) bond motifs is 1. The van der Waals surface area contributed by atoms with Crippen LogP contribution in [0.4, 0.5) is 0 Å². The molecule has 1 amide bonds. The van der Waals surface area contributed by atoms with E-state index in [1.807, 2.05) is 0 Å². The number of hydrogen-bond acceptors (Lipinski definition) is 2. The highest BCUT2D eigenvalue weighted by Crippen LogP contribution is 2.32. The first-order chi connectivity index (χ1) is 10.1. The highest BCUT2D eigenvalue weighted by Gasteiger charge is 2.27. The van der Waals surface area contributed by atoms with Gasteiger partial charge in [0, 0.05) is 0 Å². The van der Waals surface area contributed by atoms with Crippen LogP contribution in [-0.4, -0.2) is 18.5 Å². The Labute approximate surface area is 139 Å². The third-order valence-corrected chi connectivity index (χ3v) is 4.84. The molecule has 1 fully saturated rings. The number of benzene rings is 1. The van der Waals surface area contributed by atoms with Crippen molar-refractivity contribution in [3.05, 3.63) is 34.9 Å². The van der Waals surface area contributed by atoms with E-state index in [2.05, 4.69) is 42.7 Å². The van der Waals surface area contributed by atoms with Gasteiger partial charge in [-0.15, -0.1) is 12.4 Å². The summed E-state index contributed by atoms with van der Waals surface area (Å²) < 4.78 is 0. The molecule has 1 aliphatic heterocycles. The minimum Gasteiger partial charge on any atom is -0.348 e. The monoisotopic (exact) mass is 322 g/mol. The van der Waals surface area contributed by atoms with E-state index in [4.69, 9.17) is 0 Å². The van der Waals surface area contributed by atoms with Crippen LogP contribution in [0.1, 0.15) is 68.2 Å². The predicted molar refractivity (Wildman–Crippen MR) is 92.6 cm³/mol. The van der Waals surface area contributed by atoms with Crippen LogP contribution in [0.5, 0.6) is 0 Å². The number of hydrogen-bond donors (Lipinski definition) is 2. The van der Waals surface area contributed by atoms with E-state index < -0.39 is 0 Å². The molecule has 1 unspecified atom stereocenters.